The Kier molecular flexibility index (Phi) is 6.80. The highest BCUT2D eigenvalue weighted by atomic mass is 32.2. The van der Waals surface area contributed by atoms with Gasteiger partial charge in [-0.3, -0.25) is 14.9 Å². The summed E-state index contributed by atoms with van der Waals surface area (Å²) in [5.74, 6) is -0.800. The maximum atomic E-state index is 11.9. The van der Waals surface area contributed by atoms with Crippen molar-refractivity contribution in [3.05, 3.63) is 81.2 Å². The van der Waals surface area contributed by atoms with E-state index < -0.39 is 33.6 Å². The summed E-state index contributed by atoms with van der Waals surface area (Å²) in [6.07, 6.45) is 0.640. The molecule has 2 rings (SSSR count). The molecule has 27 heavy (non-hydrogen) atoms. The Morgan fingerprint density at radius 2 is 1.93 bits per heavy atom. The molecular formula is C18H18N2O6S. The number of nitro groups is 1. The van der Waals surface area contributed by atoms with Crippen molar-refractivity contribution in [1.82, 2.24) is 4.72 Å². The van der Waals surface area contributed by atoms with E-state index in [1.807, 2.05) is 6.07 Å². The Labute approximate surface area is 156 Å². The summed E-state index contributed by atoms with van der Waals surface area (Å²) in [6.45, 7) is 0.988. The van der Waals surface area contributed by atoms with Gasteiger partial charge in [0.15, 0.2) is 0 Å². The summed E-state index contributed by atoms with van der Waals surface area (Å²) in [6, 6.07) is 14.5. The Balaban J connectivity index is 1.90. The molecule has 9 heteroatoms. The van der Waals surface area contributed by atoms with Crippen molar-refractivity contribution in [3.8, 4) is 0 Å². The molecule has 0 spiro atoms. The number of carbonyl (C=O) groups excluding carboxylic acids is 1. The third kappa shape index (κ3) is 6.65. The lowest BCUT2D eigenvalue weighted by Crippen LogP contribution is -2.29. The second-order valence-corrected chi connectivity index (χ2v) is 7.21. The van der Waals surface area contributed by atoms with Crippen LogP contribution < -0.4 is 4.72 Å². The van der Waals surface area contributed by atoms with Gasteiger partial charge in [-0.25, -0.2) is 13.1 Å². The molecule has 0 saturated carbocycles. The molecule has 0 saturated heterocycles. The number of benzene rings is 2. The monoisotopic (exact) mass is 390 g/mol. The van der Waals surface area contributed by atoms with Gasteiger partial charge in [0.25, 0.3) is 5.69 Å². The van der Waals surface area contributed by atoms with Gasteiger partial charge in [-0.2, -0.15) is 0 Å². The lowest BCUT2D eigenvalue weighted by atomic mass is 10.1. The third-order valence-electron chi connectivity index (χ3n) is 3.52. The van der Waals surface area contributed by atoms with Gasteiger partial charge in [0, 0.05) is 17.5 Å². The highest BCUT2D eigenvalue weighted by molar-refractivity contribution is 7.92. The molecule has 0 heterocycles. The van der Waals surface area contributed by atoms with Crippen LogP contribution in [0.3, 0.4) is 0 Å². The highest BCUT2D eigenvalue weighted by Gasteiger charge is 2.16. The van der Waals surface area contributed by atoms with E-state index in [4.69, 9.17) is 4.74 Å². The topological polar surface area (TPSA) is 116 Å². The van der Waals surface area contributed by atoms with E-state index in [9.17, 15) is 23.3 Å². The maximum Gasteiger partial charge on any atom is 0.321 e. The van der Waals surface area contributed by atoms with Gasteiger partial charge in [0.05, 0.1) is 4.92 Å². The van der Waals surface area contributed by atoms with E-state index in [0.717, 1.165) is 5.41 Å². The fraction of sp³-hybridized carbons (Fsp3) is 0.167. The minimum atomic E-state index is -3.81. The molecular weight excluding hydrogens is 372 g/mol. The van der Waals surface area contributed by atoms with Gasteiger partial charge in [-0.05, 0) is 24.1 Å². The van der Waals surface area contributed by atoms with Crippen LogP contribution in [0.2, 0.25) is 0 Å². The van der Waals surface area contributed by atoms with Crippen molar-refractivity contribution in [2.75, 3.05) is 6.54 Å². The van der Waals surface area contributed by atoms with Crippen molar-refractivity contribution in [3.63, 3.8) is 0 Å². The average molecular weight is 390 g/mol. The van der Waals surface area contributed by atoms with E-state index in [0.29, 0.717) is 11.1 Å². The zero-order chi connectivity index (χ0) is 19.9. The molecule has 0 aliphatic carbocycles. The van der Waals surface area contributed by atoms with Crippen molar-refractivity contribution in [1.29, 1.82) is 0 Å². The van der Waals surface area contributed by atoms with Crippen LogP contribution in [0.4, 0.5) is 5.69 Å². The van der Waals surface area contributed by atoms with Gasteiger partial charge in [0.1, 0.15) is 12.6 Å². The minimum Gasteiger partial charge on any atom is -0.457 e. The zero-order valence-electron chi connectivity index (χ0n) is 14.4. The fourth-order valence-corrected chi connectivity index (χ4v) is 2.89. The number of carbonyl (C=O) groups is 1. The van der Waals surface area contributed by atoms with Crippen LogP contribution >= 0.6 is 0 Å². The van der Waals surface area contributed by atoms with Gasteiger partial charge in [0.2, 0.25) is 10.0 Å². The van der Waals surface area contributed by atoms with E-state index in [-0.39, 0.29) is 5.69 Å². The number of nitrogens with zero attached hydrogens (tertiary/aromatic N) is 1. The molecule has 1 N–H and O–H groups in total. The summed E-state index contributed by atoms with van der Waals surface area (Å²) in [5, 5.41) is 11.7. The molecule has 1 atom stereocenters. The number of nitro benzene ring substituents is 1. The number of hydrogen-bond acceptors (Lipinski definition) is 6. The highest BCUT2D eigenvalue weighted by Crippen LogP contribution is 2.21. The number of non-ortho nitro benzene ring substituents is 1. The number of ether oxygens (including phenoxy) is 1. The van der Waals surface area contributed by atoms with Gasteiger partial charge in [-0.1, -0.05) is 42.5 Å². The Morgan fingerprint density at radius 3 is 2.59 bits per heavy atom. The number of esters is 1. The van der Waals surface area contributed by atoms with Crippen LogP contribution in [0, 0.1) is 10.1 Å². The van der Waals surface area contributed by atoms with Gasteiger partial charge >= 0.3 is 5.97 Å². The summed E-state index contributed by atoms with van der Waals surface area (Å²) >= 11 is 0. The van der Waals surface area contributed by atoms with Crippen LogP contribution in [-0.2, 0) is 19.6 Å². The standard InChI is InChI=1S/C18H18N2O6S/c1-14(16-8-5-9-17(12-16)20(22)23)26-18(21)13-19-27(24,25)11-10-15-6-3-2-4-7-15/h2-12,14,19H,13H2,1H3/b11-10+/t14-/m1/s1. The van der Waals surface area contributed by atoms with Crippen LogP contribution in [-0.4, -0.2) is 25.9 Å². The number of nitrogens with one attached hydrogen (secondary N) is 1. The molecule has 2 aromatic rings. The largest absolute Gasteiger partial charge is 0.457 e. The van der Waals surface area contributed by atoms with Crippen molar-refractivity contribution < 1.29 is 22.9 Å². The molecule has 142 valence electrons. The Morgan fingerprint density at radius 1 is 1.22 bits per heavy atom. The average Bonchev–Trinajstić information content (AvgIpc) is 2.66. The third-order valence-corrected chi connectivity index (χ3v) is 4.56. The summed E-state index contributed by atoms with van der Waals surface area (Å²) in [5.41, 5.74) is 1.01. The van der Waals surface area contributed by atoms with Gasteiger partial charge < -0.3 is 4.74 Å². The molecule has 2 aromatic carbocycles. The first kappa shape index (κ1) is 20.3. The molecule has 0 radical (unpaired) electrons. The number of sulfonamides is 1. The Hall–Kier alpha value is -3.04. The molecule has 8 nitrogen and oxygen atoms in total. The van der Waals surface area contributed by atoms with Crippen LogP contribution in [0.25, 0.3) is 6.08 Å². The molecule has 0 bridgehead atoms. The smallest absolute Gasteiger partial charge is 0.321 e. The molecule has 0 aromatic heterocycles. The van der Waals surface area contributed by atoms with E-state index in [2.05, 4.69) is 4.72 Å². The molecule has 0 aliphatic heterocycles. The first-order valence-corrected chi connectivity index (χ1v) is 9.48. The Bertz CT molecular complexity index is 941. The maximum absolute atomic E-state index is 11.9. The second kappa shape index (κ2) is 9.06. The SMILES string of the molecule is C[C@@H](OC(=O)CNS(=O)(=O)/C=C/c1ccccc1)c1cccc([N+](=O)[O-])c1. The zero-order valence-corrected chi connectivity index (χ0v) is 15.3. The van der Waals surface area contributed by atoms with E-state index >= 15 is 0 Å². The number of hydrogen-bond donors (Lipinski definition) is 1. The van der Waals surface area contributed by atoms with E-state index in [1.54, 1.807) is 37.3 Å². The lowest BCUT2D eigenvalue weighted by molar-refractivity contribution is -0.385. The van der Waals surface area contributed by atoms with Crippen molar-refractivity contribution in [2.24, 2.45) is 0 Å². The molecule has 0 unspecified atom stereocenters. The predicted octanol–water partition coefficient (Wildman–Crippen LogP) is 2.79. The predicted molar refractivity (Wildman–Crippen MR) is 100 cm³/mol. The van der Waals surface area contributed by atoms with Crippen LogP contribution in [0.15, 0.2) is 60.0 Å². The summed E-state index contributed by atoms with van der Waals surface area (Å²) in [7, 11) is -3.81. The van der Waals surface area contributed by atoms with Crippen molar-refractivity contribution in [2.45, 2.75) is 13.0 Å². The normalized spacial score (nSPS) is 12.6. The molecule has 0 fully saturated rings. The minimum absolute atomic E-state index is 0.123. The van der Waals surface area contributed by atoms with Gasteiger partial charge in [-0.15, -0.1) is 0 Å². The van der Waals surface area contributed by atoms with Crippen LogP contribution in [0.1, 0.15) is 24.2 Å². The van der Waals surface area contributed by atoms with E-state index in [1.165, 1.54) is 24.3 Å². The fourth-order valence-electron chi connectivity index (χ4n) is 2.14. The quantitative estimate of drug-likeness (QED) is 0.421. The first-order valence-electron chi connectivity index (χ1n) is 7.93. The first-order chi connectivity index (χ1) is 12.8. The number of rotatable bonds is 8. The lowest BCUT2D eigenvalue weighted by Gasteiger charge is -2.13. The van der Waals surface area contributed by atoms with Crippen LogP contribution in [0.5, 0.6) is 0 Å². The summed E-state index contributed by atoms with van der Waals surface area (Å²) in [4.78, 5) is 22.1. The second-order valence-electron chi connectivity index (χ2n) is 5.56. The van der Waals surface area contributed by atoms with Crippen molar-refractivity contribution >= 4 is 27.8 Å². The molecule has 0 amide bonds. The summed E-state index contributed by atoms with van der Waals surface area (Å²) < 4.78 is 31.0. The molecule has 0 aliphatic rings.